The molecule has 1 amide bonds. The fraction of sp³-hybridized carbons (Fsp3) is 0.700. The SMILES string of the molecule is CC1(CNC(=O)c2csnn2)CCCNC1. The molecule has 2 rings (SSSR count). The summed E-state index contributed by atoms with van der Waals surface area (Å²) < 4.78 is 3.67. The molecule has 1 unspecified atom stereocenters. The zero-order chi connectivity index (χ0) is 11.4. The van der Waals surface area contributed by atoms with E-state index in [4.69, 9.17) is 0 Å². The Morgan fingerprint density at radius 1 is 1.75 bits per heavy atom. The van der Waals surface area contributed by atoms with Crippen molar-refractivity contribution in [1.82, 2.24) is 20.2 Å². The van der Waals surface area contributed by atoms with Gasteiger partial charge in [-0.3, -0.25) is 4.79 Å². The first-order valence-corrected chi connectivity index (χ1v) is 6.29. The lowest BCUT2D eigenvalue weighted by molar-refractivity contribution is 0.0919. The molecule has 5 nitrogen and oxygen atoms in total. The van der Waals surface area contributed by atoms with Crippen molar-refractivity contribution in [3.05, 3.63) is 11.1 Å². The summed E-state index contributed by atoms with van der Waals surface area (Å²) in [5.41, 5.74) is 0.578. The molecule has 6 heteroatoms. The molecule has 2 N–H and O–H groups in total. The smallest absolute Gasteiger partial charge is 0.272 e. The maximum atomic E-state index is 11.7. The number of hydrogen-bond acceptors (Lipinski definition) is 5. The summed E-state index contributed by atoms with van der Waals surface area (Å²) in [5.74, 6) is -0.124. The molecule has 1 atom stereocenters. The summed E-state index contributed by atoms with van der Waals surface area (Å²) in [7, 11) is 0. The van der Waals surface area contributed by atoms with Crippen LogP contribution in [-0.4, -0.2) is 35.1 Å². The van der Waals surface area contributed by atoms with Crippen LogP contribution in [-0.2, 0) is 0 Å². The molecular formula is C10H16N4OS. The molecule has 2 heterocycles. The first-order valence-electron chi connectivity index (χ1n) is 5.46. The predicted molar refractivity (Wildman–Crippen MR) is 62.5 cm³/mol. The third-order valence-electron chi connectivity index (χ3n) is 2.95. The number of nitrogens with zero attached hydrogens (tertiary/aromatic N) is 2. The second-order valence-electron chi connectivity index (χ2n) is 4.56. The summed E-state index contributed by atoms with van der Waals surface area (Å²) in [6.07, 6.45) is 2.32. The van der Waals surface area contributed by atoms with Gasteiger partial charge in [0.2, 0.25) is 0 Å². The van der Waals surface area contributed by atoms with Crippen LogP contribution in [0, 0.1) is 5.41 Å². The normalized spacial score (nSPS) is 25.3. The van der Waals surface area contributed by atoms with Crippen LogP contribution in [0.3, 0.4) is 0 Å². The molecule has 1 aromatic rings. The fourth-order valence-electron chi connectivity index (χ4n) is 1.92. The van der Waals surface area contributed by atoms with E-state index in [-0.39, 0.29) is 11.3 Å². The van der Waals surface area contributed by atoms with E-state index in [1.807, 2.05) is 0 Å². The third kappa shape index (κ3) is 2.76. The van der Waals surface area contributed by atoms with Gasteiger partial charge in [0.15, 0.2) is 5.69 Å². The van der Waals surface area contributed by atoms with E-state index < -0.39 is 0 Å². The van der Waals surface area contributed by atoms with Gasteiger partial charge in [0.05, 0.1) is 0 Å². The lowest BCUT2D eigenvalue weighted by Gasteiger charge is -2.34. The van der Waals surface area contributed by atoms with Crippen LogP contribution in [0.4, 0.5) is 0 Å². The van der Waals surface area contributed by atoms with E-state index >= 15 is 0 Å². The van der Waals surface area contributed by atoms with Crippen molar-refractivity contribution >= 4 is 17.4 Å². The fourth-order valence-corrected chi connectivity index (χ4v) is 2.35. The van der Waals surface area contributed by atoms with Crippen molar-refractivity contribution in [1.29, 1.82) is 0 Å². The van der Waals surface area contributed by atoms with E-state index in [1.54, 1.807) is 5.38 Å². The maximum absolute atomic E-state index is 11.7. The first kappa shape index (κ1) is 11.5. The minimum Gasteiger partial charge on any atom is -0.350 e. The number of aromatic nitrogens is 2. The van der Waals surface area contributed by atoms with Gasteiger partial charge in [0.25, 0.3) is 5.91 Å². The van der Waals surface area contributed by atoms with Crippen LogP contribution in [0.1, 0.15) is 30.3 Å². The number of piperidine rings is 1. The molecule has 1 aliphatic rings. The molecule has 1 aromatic heterocycles. The molecule has 16 heavy (non-hydrogen) atoms. The average Bonchev–Trinajstić information content (AvgIpc) is 2.80. The third-order valence-corrected chi connectivity index (χ3v) is 3.46. The molecule has 0 saturated carbocycles. The van der Waals surface area contributed by atoms with Gasteiger partial charge in [0.1, 0.15) is 0 Å². The van der Waals surface area contributed by atoms with Crippen LogP contribution in [0.15, 0.2) is 5.38 Å². The highest BCUT2D eigenvalue weighted by Gasteiger charge is 2.27. The number of rotatable bonds is 3. The lowest BCUT2D eigenvalue weighted by Crippen LogP contribution is -2.45. The van der Waals surface area contributed by atoms with E-state index in [0.29, 0.717) is 12.2 Å². The van der Waals surface area contributed by atoms with Gasteiger partial charge in [0, 0.05) is 18.5 Å². The van der Waals surface area contributed by atoms with Gasteiger partial charge in [-0.1, -0.05) is 11.4 Å². The Hall–Kier alpha value is -1.01. The van der Waals surface area contributed by atoms with E-state index in [2.05, 4.69) is 27.1 Å². The predicted octanol–water partition coefficient (Wildman–Crippen LogP) is 0.658. The van der Waals surface area contributed by atoms with Gasteiger partial charge in [-0.2, -0.15) is 0 Å². The number of hydrogen-bond donors (Lipinski definition) is 2. The highest BCUT2D eigenvalue weighted by Crippen LogP contribution is 2.24. The van der Waals surface area contributed by atoms with Gasteiger partial charge in [-0.15, -0.1) is 5.10 Å². The number of amides is 1. The average molecular weight is 240 g/mol. The molecule has 1 fully saturated rings. The molecule has 0 aliphatic carbocycles. The highest BCUT2D eigenvalue weighted by molar-refractivity contribution is 7.03. The Morgan fingerprint density at radius 2 is 2.62 bits per heavy atom. The zero-order valence-corrected chi connectivity index (χ0v) is 10.1. The summed E-state index contributed by atoms with van der Waals surface area (Å²) >= 11 is 1.19. The van der Waals surface area contributed by atoms with E-state index in [0.717, 1.165) is 19.5 Å². The van der Waals surface area contributed by atoms with Crippen LogP contribution in [0.5, 0.6) is 0 Å². The summed E-state index contributed by atoms with van der Waals surface area (Å²) in [4.78, 5) is 11.7. The number of carbonyl (C=O) groups excluding carboxylic acids is 1. The van der Waals surface area contributed by atoms with Crippen LogP contribution < -0.4 is 10.6 Å². The first-order chi connectivity index (χ1) is 7.70. The Morgan fingerprint density at radius 3 is 3.25 bits per heavy atom. The second-order valence-corrected chi connectivity index (χ2v) is 5.17. The molecule has 1 saturated heterocycles. The van der Waals surface area contributed by atoms with E-state index in [1.165, 1.54) is 18.0 Å². The maximum Gasteiger partial charge on any atom is 0.272 e. The van der Waals surface area contributed by atoms with Crippen LogP contribution in [0.25, 0.3) is 0 Å². The molecule has 1 aliphatic heterocycles. The quantitative estimate of drug-likeness (QED) is 0.814. The van der Waals surface area contributed by atoms with E-state index in [9.17, 15) is 4.79 Å². The van der Waals surface area contributed by atoms with Crippen LogP contribution in [0.2, 0.25) is 0 Å². The minimum absolute atomic E-state index is 0.124. The van der Waals surface area contributed by atoms with Crippen molar-refractivity contribution in [2.24, 2.45) is 5.41 Å². The van der Waals surface area contributed by atoms with Crippen molar-refractivity contribution < 1.29 is 4.79 Å². The molecule has 0 aromatic carbocycles. The molecule has 0 radical (unpaired) electrons. The largest absolute Gasteiger partial charge is 0.350 e. The van der Waals surface area contributed by atoms with Gasteiger partial charge in [-0.05, 0) is 36.3 Å². The summed E-state index contributed by atoms with van der Waals surface area (Å²) in [6.45, 7) is 4.93. The Balaban J connectivity index is 1.84. The summed E-state index contributed by atoms with van der Waals surface area (Å²) in [6, 6.07) is 0. The monoisotopic (exact) mass is 240 g/mol. The topological polar surface area (TPSA) is 66.9 Å². The lowest BCUT2D eigenvalue weighted by atomic mass is 9.83. The number of nitrogens with one attached hydrogen (secondary N) is 2. The molecule has 88 valence electrons. The Labute approximate surface area is 98.8 Å². The van der Waals surface area contributed by atoms with Gasteiger partial charge >= 0.3 is 0 Å². The van der Waals surface area contributed by atoms with Crippen molar-refractivity contribution in [2.75, 3.05) is 19.6 Å². The summed E-state index contributed by atoms with van der Waals surface area (Å²) in [5, 5.41) is 11.7. The number of carbonyl (C=O) groups is 1. The molecule has 0 spiro atoms. The van der Waals surface area contributed by atoms with Gasteiger partial charge < -0.3 is 10.6 Å². The van der Waals surface area contributed by atoms with Crippen LogP contribution >= 0.6 is 11.5 Å². The second kappa shape index (κ2) is 4.88. The minimum atomic E-state index is -0.124. The van der Waals surface area contributed by atoms with Crippen molar-refractivity contribution in [2.45, 2.75) is 19.8 Å². The van der Waals surface area contributed by atoms with Crippen molar-refractivity contribution in [3.63, 3.8) is 0 Å². The standard InChI is InChI=1S/C10H16N4OS/c1-10(3-2-4-11-6-10)7-12-9(15)8-5-16-14-13-8/h5,11H,2-4,6-7H2,1H3,(H,12,15). The van der Waals surface area contributed by atoms with Gasteiger partial charge in [-0.25, -0.2) is 0 Å². The molecule has 0 bridgehead atoms. The van der Waals surface area contributed by atoms with Crippen molar-refractivity contribution in [3.8, 4) is 0 Å². The Bertz CT molecular complexity index is 346. The highest BCUT2D eigenvalue weighted by atomic mass is 32.1. The Kier molecular flexibility index (Phi) is 3.50. The zero-order valence-electron chi connectivity index (χ0n) is 9.32. The molecular weight excluding hydrogens is 224 g/mol.